The van der Waals surface area contributed by atoms with Gasteiger partial charge in [0.1, 0.15) is 5.82 Å². The molecule has 0 spiro atoms. The topological polar surface area (TPSA) is 64.8 Å². The van der Waals surface area contributed by atoms with Crippen LogP contribution in [0.25, 0.3) is 38.8 Å². The summed E-state index contributed by atoms with van der Waals surface area (Å²) in [4.78, 5) is 8.68. The minimum absolute atomic E-state index is 0.0728. The molecule has 0 saturated carbocycles. The number of rotatable bonds is 4. The quantitative estimate of drug-likeness (QED) is 0.319. The summed E-state index contributed by atoms with van der Waals surface area (Å²) in [7, 11) is -3.81. The molecule has 0 fully saturated rings. The van der Waals surface area contributed by atoms with Crippen molar-refractivity contribution in [1.29, 1.82) is 0 Å². The second kappa shape index (κ2) is 7.93. The van der Waals surface area contributed by atoms with Crippen LogP contribution in [-0.2, 0) is 9.84 Å². The van der Waals surface area contributed by atoms with Crippen molar-refractivity contribution >= 4 is 31.6 Å². The predicted octanol–water partition coefficient (Wildman–Crippen LogP) is 6.07. The first-order chi connectivity index (χ1) is 17.0. The van der Waals surface area contributed by atoms with Crippen LogP contribution in [0, 0.1) is 0 Å². The lowest BCUT2D eigenvalue weighted by Gasteiger charge is -2.09. The molecule has 3 heterocycles. The summed E-state index contributed by atoms with van der Waals surface area (Å²) in [5, 5.41) is 2.15. The van der Waals surface area contributed by atoms with E-state index in [0.29, 0.717) is 0 Å². The molecule has 0 aliphatic heterocycles. The molecule has 6 heteroatoms. The van der Waals surface area contributed by atoms with Crippen LogP contribution in [0.3, 0.4) is 0 Å². The molecule has 6 aromatic rings. The van der Waals surface area contributed by atoms with E-state index >= 15 is 0 Å². The van der Waals surface area contributed by atoms with Crippen molar-refractivity contribution in [2.75, 3.05) is 0 Å². The van der Waals surface area contributed by atoms with Crippen LogP contribution in [0.2, 0.25) is 0 Å². The molecule has 3 aromatic heterocycles. The molecule has 164 valence electrons. The Morgan fingerprint density at radius 1 is 0.676 bits per heavy atom. The van der Waals surface area contributed by atoms with E-state index in [4.69, 9.17) is 1.37 Å². The van der Waals surface area contributed by atoms with Crippen LogP contribution in [-0.4, -0.2) is 23.0 Å². The van der Waals surface area contributed by atoms with Crippen molar-refractivity contribution in [3.05, 3.63) is 115 Å². The Hall–Kier alpha value is -4.29. The van der Waals surface area contributed by atoms with Crippen LogP contribution in [0.1, 0.15) is 1.37 Å². The van der Waals surface area contributed by atoms with Gasteiger partial charge < -0.3 is 0 Å². The predicted molar refractivity (Wildman–Crippen MR) is 134 cm³/mol. The van der Waals surface area contributed by atoms with Crippen LogP contribution in [0.4, 0.5) is 0 Å². The van der Waals surface area contributed by atoms with Gasteiger partial charge in [0.05, 0.1) is 17.3 Å². The van der Waals surface area contributed by atoms with Crippen molar-refractivity contribution in [3.8, 4) is 16.9 Å². The highest BCUT2D eigenvalue weighted by Gasteiger charge is 2.20. The number of aromatic nitrogens is 3. The van der Waals surface area contributed by atoms with Crippen molar-refractivity contribution in [2.24, 2.45) is 0 Å². The fraction of sp³-hybridized carbons (Fsp3) is 0. The van der Waals surface area contributed by atoms with Gasteiger partial charge in [-0.25, -0.2) is 18.4 Å². The smallest absolute Gasteiger partial charge is 0.223 e. The summed E-state index contributed by atoms with van der Waals surface area (Å²) >= 11 is 0. The Morgan fingerprint density at radius 2 is 1.50 bits per heavy atom. The lowest BCUT2D eigenvalue weighted by molar-refractivity contribution is 0.592. The first kappa shape index (κ1) is 19.2. The normalized spacial score (nSPS) is 12.2. The highest BCUT2D eigenvalue weighted by Crippen LogP contribution is 2.35. The summed E-state index contributed by atoms with van der Waals surface area (Å²) in [5.74, 6) is 0.816. The molecule has 0 atom stereocenters. The summed E-state index contributed by atoms with van der Waals surface area (Å²) in [5.41, 5.74) is 3.72. The fourth-order valence-corrected chi connectivity index (χ4v) is 5.53. The fourth-order valence-electron chi connectivity index (χ4n) is 4.31. The first-order valence-electron chi connectivity index (χ1n) is 11.3. The van der Waals surface area contributed by atoms with Crippen LogP contribution in [0.5, 0.6) is 0 Å². The average Bonchev–Trinajstić information content (AvgIpc) is 3.23. The molecule has 0 aliphatic carbocycles. The van der Waals surface area contributed by atoms with Crippen LogP contribution < -0.4 is 0 Å². The molecule has 0 N–H and O–H groups in total. The Bertz CT molecular complexity index is 1810. The second-order valence-electron chi connectivity index (χ2n) is 7.90. The van der Waals surface area contributed by atoms with Crippen molar-refractivity contribution < 1.29 is 9.79 Å². The molecule has 0 unspecified atom stereocenters. The monoisotopic (exact) mass is 462 g/mol. The summed E-state index contributed by atoms with van der Waals surface area (Å²) in [6.07, 6.45) is 3.01. The molecule has 0 saturated heterocycles. The van der Waals surface area contributed by atoms with Gasteiger partial charge in [-0.2, -0.15) is 0 Å². The van der Waals surface area contributed by atoms with E-state index < -0.39 is 9.84 Å². The number of para-hydroxylation sites is 1. The third kappa shape index (κ3) is 3.27. The number of pyridine rings is 2. The van der Waals surface area contributed by atoms with Gasteiger partial charge in [-0.3, -0.25) is 4.57 Å². The van der Waals surface area contributed by atoms with Crippen molar-refractivity contribution in [3.63, 3.8) is 0 Å². The molecule has 5 nitrogen and oxygen atoms in total. The lowest BCUT2D eigenvalue weighted by Crippen LogP contribution is -2.04. The van der Waals surface area contributed by atoms with Gasteiger partial charge in [0.2, 0.25) is 9.84 Å². The zero-order valence-electron chi connectivity index (χ0n) is 19.0. The number of hydrogen-bond acceptors (Lipinski definition) is 4. The van der Waals surface area contributed by atoms with Crippen molar-refractivity contribution in [2.45, 2.75) is 9.92 Å². The van der Waals surface area contributed by atoms with Gasteiger partial charge in [0.15, 0.2) is 5.03 Å². The Labute approximate surface area is 198 Å². The largest absolute Gasteiger partial charge is 0.294 e. The van der Waals surface area contributed by atoms with Crippen LogP contribution in [0.15, 0.2) is 125 Å². The molecule has 0 aliphatic rings. The van der Waals surface area contributed by atoms with Gasteiger partial charge in [0.25, 0.3) is 0 Å². The third-order valence-corrected chi connectivity index (χ3v) is 7.56. The minimum Gasteiger partial charge on any atom is -0.294 e. The summed E-state index contributed by atoms with van der Waals surface area (Å²) in [6.45, 7) is 0. The zero-order chi connectivity index (χ0) is 24.0. The molecular weight excluding hydrogens is 442 g/mol. The lowest BCUT2D eigenvalue weighted by atomic mass is 10.0. The van der Waals surface area contributed by atoms with Gasteiger partial charge >= 0.3 is 0 Å². The average molecular weight is 463 g/mol. The highest BCUT2D eigenvalue weighted by molar-refractivity contribution is 7.91. The Balaban J connectivity index is 1.53. The highest BCUT2D eigenvalue weighted by atomic mass is 32.2. The molecule has 0 bridgehead atoms. The van der Waals surface area contributed by atoms with E-state index in [9.17, 15) is 8.42 Å². The third-order valence-electron chi connectivity index (χ3n) is 5.89. The number of hydrogen-bond donors (Lipinski definition) is 0. The maximum Gasteiger partial charge on any atom is 0.223 e. The van der Waals surface area contributed by atoms with E-state index in [-0.39, 0.29) is 16.0 Å². The summed E-state index contributed by atoms with van der Waals surface area (Å²) in [6, 6.07) is 30.0. The molecule has 0 radical (unpaired) electrons. The van der Waals surface area contributed by atoms with E-state index in [0.717, 1.165) is 38.8 Å². The molecule has 3 aromatic carbocycles. The van der Waals surface area contributed by atoms with Crippen molar-refractivity contribution in [1.82, 2.24) is 14.5 Å². The summed E-state index contributed by atoms with van der Waals surface area (Å²) < 4.78 is 36.0. The number of nitrogens with zero attached hydrogens (tertiary/aromatic N) is 3. The van der Waals surface area contributed by atoms with E-state index in [1.54, 1.807) is 24.4 Å². The minimum atomic E-state index is -3.81. The molecule has 6 rings (SSSR count). The van der Waals surface area contributed by atoms with Gasteiger partial charge in [-0.05, 0) is 59.6 Å². The van der Waals surface area contributed by atoms with Gasteiger partial charge in [-0.15, -0.1) is 0 Å². The van der Waals surface area contributed by atoms with Crippen LogP contribution >= 0.6 is 0 Å². The van der Waals surface area contributed by atoms with E-state index in [1.807, 2.05) is 42.5 Å². The molecular formula is C28H19N3O2S. The number of fused-ring (bicyclic) bond motifs is 3. The SMILES string of the molecule is [2H]c1ccc(S(=O)(=O)c2cccc(-c3ccc4c5ccccc5n(-c5ccccn5)c4c3)c2)nc1. The Morgan fingerprint density at radius 3 is 2.32 bits per heavy atom. The van der Waals surface area contributed by atoms with E-state index in [1.165, 1.54) is 18.3 Å². The maximum absolute atomic E-state index is 13.2. The number of benzene rings is 3. The standard InChI is InChI=1S/C28H19N3O2S/c32-34(33,28-13-4-6-17-30-28)22-9-7-8-20(18-22)21-14-15-24-23-10-1-2-11-25(23)31(26(24)19-21)27-12-3-5-16-29-27/h1-19H/i6D. The zero-order valence-corrected chi connectivity index (χ0v) is 18.8. The second-order valence-corrected chi connectivity index (χ2v) is 9.80. The maximum atomic E-state index is 13.2. The van der Waals surface area contributed by atoms with E-state index in [2.05, 4.69) is 38.8 Å². The molecule has 0 amide bonds. The first-order valence-corrected chi connectivity index (χ1v) is 12.2. The van der Waals surface area contributed by atoms with Gasteiger partial charge in [-0.1, -0.05) is 54.6 Å². The van der Waals surface area contributed by atoms with Gasteiger partial charge in [0, 0.05) is 23.2 Å². The molecule has 34 heavy (non-hydrogen) atoms. The number of sulfone groups is 1. The Kier molecular flexibility index (Phi) is 4.48.